The second kappa shape index (κ2) is 5.03. The average Bonchev–Trinajstić information content (AvgIpc) is 2.46. The second-order valence-corrected chi connectivity index (χ2v) is 6.06. The maximum Gasteiger partial charge on any atom is 0.253 e. The molecular formula is C15H20N2O2. The van der Waals surface area contributed by atoms with Crippen LogP contribution in [0.1, 0.15) is 37.6 Å². The quantitative estimate of drug-likeness (QED) is 0.886. The molecule has 19 heavy (non-hydrogen) atoms. The first-order chi connectivity index (χ1) is 8.88. The van der Waals surface area contributed by atoms with Gasteiger partial charge in [0.15, 0.2) is 0 Å². The summed E-state index contributed by atoms with van der Waals surface area (Å²) in [4.78, 5) is 25.8. The maximum atomic E-state index is 12.2. The van der Waals surface area contributed by atoms with Gasteiger partial charge in [0, 0.05) is 6.54 Å². The zero-order chi connectivity index (χ0) is 14.0. The topological polar surface area (TPSA) is 49.4 Å². The van der Waals surface area contributed by atoms with Crippen molar-refractivity contribution in [2.45, 2.75) is 27.2 Å². The van der Waals surface area contributed by atoms with E-state index in [4.69, 9.17) is 0 Å². The van der Waals surface area contributed by atoms with E-state index in [1.807, 2.05) is 18.2 Å². The van der Waals surface area contributed by atoms with Gasteiger partial charge in [0.1, 0.15) is 0 Å². The Morgan fingerprint density at radius 1 is 1.21 bits per heavy atom. The predicted octanol–water partition coefficient (Wildman–Crippen LogP) is 2.20. The fraction of sp³-hybridized carbons (Fsp3) is 0.467. The number of carbonyl (C=O) groups excluding carboxylic acids is 2. The number of hydrogen-bond donors (Lipinski definition) is 1. The van der Waals surface area contributed by atoms with E-state index in [9.17, 15) is 9.59 Å². The van der Waals surface area contributed by atoms with Crippen molar-refractivity contribution in [3.8, 4) is 0 Å². The summed E-state index contributed by atoms with van der Waals surface area (Å²) in [7, 11) is 0. The van der Waals surface area contributed by atoms with Gasteiger partial charge in [0.25, 0.3) is 5.91 Å². The third-order valence-corrected chi connectivity index (χ3v) is 3.23. The summed E-state index contributed by atoms with van der Waals surface area (Å²) >= 11 is 0. The summed E-state index contributed by atoms with van der Waals surface area (Å²) in [6.45, 7) is 7.13. The van der Waals surface area contributed by atoms with Crippen molar-refractivity contribution in [1.29, 1.82) is 0 Å². The summed E-state index contributed by atoms with van der Waals surface area (Å²) < 4.78 is 0. The molecule has 0 spiro atoms. The number of anilines is 1. The zero-order valence-corrected chi connectivity index (χ0v) is 11.7. The fourth-order valence-electron chi connectivity index (χ4n) is 2.07. The normalized spacial score (nSPS) is 15.8. The average molecular weight is 260 g/mol. The fourth-order valence-corrected chi connectivity index (χ4v) is 2.07. The summed E-state index contributed by atoms with van der Waals surface area (Å²) in [5.74, 6) is -0.232. The molecule has 102 valence electrons. The molecule has 0 fully saturated rings. The molecule has 0 unspecified atom stereocenters. The Kier molecular flexibility index (Phi) is 3.60. The highest BCUT2D eigenvalue weighted by molar-refractivity contribution is 6.09. The molecule has 0 aliphatic carbocycles. The molecular weight excluding hydrogens is 240 g/mol. The Bertz CT molecular complexity index is 503. The standard InChI is InChI=1S/C15H20N2O2/c1-15(2,3)8-9-17-12-7-5-4-6-11(12)14(19)16-10-13(17)18/h4-7H,8-10H2,1-3H3,(H,16,19). The molecule has 2 amide bonds. The number of amides is 2. The molecule has 1 aromatic carbocycles. The van der Waals surface area contributed by atoms with Crippen LogP contribution >= 0.6 is 0 Å². The van der Waals surface area contributed by atoms with E-state index in [-0.39, 0.29) is 23.8 Å². The van der Waals surface area contributed by atoms with Crippen LogP contribution in [0.4, 0.5) is 5.69 Å². The molecule has 2 rings (SSSR count). The Balaban J connectivity index is 2.32. The first-order valence-corrected chi connectivity index (χ1v) is 6.56. The van der Waals surface area contributed by atoms with Gasteiger partial charge in [-0.2, -0.15) is 0 Å². The number of rotatable bonds is 2. The minimum Gasteiger partial charge on any atom is -0.343 e. The van der Waals surface area contributed by atoms with Crippen LogP contribution in [0.5, 0.6) is 0 Å². The molecule has 1 aromatic rings. The van der Waals surface area contributed by atoms with E-state index < -0.39 is 0 Å². The van der Waals surface area contributed by atoms with Crippen LogP contribution in [0.15, 0.2) is 24.3 Å². The Labute approximate surface area is 113 Å². The van der Waals surface area contributed by atoms with Gasteiger partial charge in [-0.3, -0.25) is 9.59 Å². The lowest BCUT2D eigenvalue weighted by atomic mass is 9.92. The summed E-state index contributed by atoms with van der Waals surface area (Å²) in [5, 5.41) is 2.65. The van der Waals surface area contributed by atoms with Crippen molar-refractivity contribution in [2.24, 2.45) is 5.41 Å². The van der Waals surface area contributed by atoms with Gasteiger partial charge in [-0.25, -0.2) is 0 Å². The van der Waals surface area contributed by atoms with Crippen molar-refractivity contribution < 1.29 is 9.59 Å². The maximum absolute atomic E-state index is 12.2. The highest BCUT2D eigenvalue weighted by Gasteiger charge is 2.26. The number of nitrogens with zero attached hydrogens (tertiary/aromatic N) is 1. The molecule has 1 aliphatic rings. The molecule has 1 N–H and O–H groups in total. The Hall–Kier alpha value is -1.84. The molecule has 4 heteroatoms. The van der Waals surface area contributed by atoms with E-state index in [2.05, 4.69) is 26.1 Å². The largest absolute Gasteiger partial charge is 0.343 e. The van der Waals surface area contributed by atoms with E-state index in [0.29, 0.717) is 17.8 Å². The van der Waals surface area contributed by atoms with Crippen LogP contribution in [0.2, 0.25) is 0 Å². The third kappa shape index (κ3) is 3.13. The summed E-state index contributed by atoms with van der Waals surface area (Å²) in [6.07, 6.45) is 0.890. The molecule has 1 aliphatic heterocycles. The molecule has 0 atom stereocenters. The van der Waals surface area contributed by atoms with Crippen LogP contribution in [0.3, 0.4) is 0 Å². The van der Waals surface area contributed by atoms with Gasteiger partial charge in [0.05, 0.1) is 17.8 Å². The highest BCUT2D eigenvalue weighted by atomic mass is 16.2. The third-order valence-electron chi connectivity index (χ3n) is 3.23. The van der Waals surface area contributed by atoms with E-state index >= 15 is 0 Å². The minimum absolute atomic E-state index is 0.0532. The number of hydrogen-bond acceptors (Lipinski definition) is 2. The van der Waals surface area contributed by atoms with Gasteiger partial charge in [-0.15, -0.1) is 0 Å². The van der Waals surface area contributed by atoms with Crippen molar-refractivity contribution in [1.82, 2.24) is 5.32 Å². The predicted molar refractivity (Wildman–Crippen MR) is 75.2 cm³/mol. The molecule has 0 saturated carbocycles. The number of benzene rings is 1. The SMILES string of the molecule is CC(C)(C)CCN1C(=O)CNC(=O)c2ccccc21. The van der Waals surface area contributed by atoms with Crippen LogP contribution in [-0.4, -0.2) is 24.9 Å². The lowest BCUT2D eigenvalue weighted by Gasteiger charge is -2.26. The monoisotopic (exact) mass is 260 g/mol. The Morgan fingerprint density at radius 2 is 1.89 bits per heavy atom. The highest BCUT2D eigenvalue weighted by Crippen LogP contribution is 2.26. The van der Waals surface area contributed by atoms with E-state index in [0.717, 1.165) is 6.42 Å². The first-order valence-electron chi connectivity index (χ1n) is 6.56. The van der Waals surface area contributed by atoms with Gasteiger partial charge in [-0.1, -0.05) is 32.9 Å². The molecule has 1 heterocycles. The molecule has 4 nitrogen and oxygen atoms in total. The van der Waals surface area contributed by atoms with Crippen molar-refractivity contribution >= 4 is 17.5 Å². The van der Waals surface area contributed by atoms with E-state index in [1.165, 1.54) is 0 Å². The smallest absolute Gasteiger partial charge is 0.253 e. The van der Waals surface area contributed by atoms with Crippen molar-refractivity contribution in [3.63, 3.8) is 0 Å². The van der Waals surface area contributed by atoms with Gasteiger partial charge in [-0.05, 0) is 24.0 Å². The lowest BCUT2D eigenvalue weighted by Crippen LogP contribution is -2.38. The van der Waals surface area contributed by atoms with Crippen LogP contribution < -0.4 is 10.2 Å². The number of carbonyl (C=O) groups is 2. The van der Waals surface area contributed by atoms with Gasteiger partial charge in [0.2, 0.25) is 5.91 Å². The lowest BCUT2D eigenvalue weighted by molar-refractivity contribution is -0.117. The number of nitrogens with one attached hydrogen (secondary N) is 1. The van der Waals surface area contributed by atoms with Crippen molar-refractivity contribution in [2.75, 3.05) is 18.0 Å². The van der Waals surface area contributed by atoms with Crippen LogP contribution in [0.25, 0.3) is 0 Å². The van der Waals surface area contributed by atoms with Gasteiger partial charge < -0.3 is 10.2 Å². The van der Waals surface area contributed by atoms with Crippen molar-refractivity contribution in [3.05, 3.63) is 29.8 Å². The number of fused-ring (bicyclic) bond motifs is 1. The zero-order valence-electron chi connectivity index (χ0n) is 11.7. The Morgan fingerprint density at radius 3 is 2.58 bits per heavy atom. The second-order valence-electron chi connectivity index (χ2n) is 6.06. The molecule has 0 bridgehead atoms. The van der Waals surface area contributed by atoms with Crippen LogP contribution in [0, 0.1) is 5.41 Å². The van der Waals surface area contributed by atoms with E-state index in [1.54, 1.807) is 11.0 Å². The molecule has 0 radical (unpaired) electrons. The molecule has 0 aromatic heterocycles. The summed E-state index contributed by atoms with van der Waals surface area (Å²) in [6, 6.07) is 7.26. The minimum atomic E-state index is -0.179. The summed E-state index contributed by atoms with van der Waals surface area (Å²) in [5.41, 5.74) is 1.44. The number of para-hydroxylation sites is 1. The molecule has 0 saturated heterocycles. The first kappa shape index (κ1) is 13.6. The van der Waals surface area contributed by atoms with Crippen LogP contribution in [-0.2, 0) is 4.79 Å². The van der Waals surface area contributed by atoms with Gasteiger partial charge >= 0.3 is 0 Å².